The third-order valence-corrected chi connectivity index (χ3v) is 4.40. The summed E-state index contributed by atoms with van der Waals surface area (Å²) in [6.07, 6.45) is -2.17. The Kier molecular flexibility index (Phi) is 5.68. The number of carbonyl (C=O) groups excluding carboxylic acids is 1. The maximum absolute atomic E-state index is 13.6. The highest BCUT2D eigenvalue weighted by Crippen LogP contribution is 2.37. The minimum atomic E-state index is -4.63. The van der Waals surface area contributed by atoms with E-state index in [1.165, 1.54) is 13.1 Å². The van der Waals surface area contributed by atoms with Gasteiger partial charge in [-0.1, -0.05) is 6.07 Å². The molecule has 1 aromatic carbocycles. The van der Waals surface area contributed by atoms with Crippen LogP contribution in [0.4, 0.5) is 36.1 Å². The number of hydrogen-bond acceptors (Lipinski definition) is 5. The molecule has 0 unspecified atom stereocenters. The Morgan fingerprint density at radius 3 is 2.40 bits per heavy atom. The number of carbonyl (C=O) groups is 1. The lowest BCUT2D eigenvalue weighted by molar-refractivity contribution is -0.137. The average Bonchev–Trinajstić information content (AvgIpc) is 2.97. The summed E-state index contributed by atoms with van der Waals surface area (Å²) < 4.78 is 42.4. The van der Waals surface area contributed by atoms with Crippen molar-refractivity contribution in [3.63, 3.8) is 0 Å². The van der Waals surface area contributed by atoms with E-state index in [1.807, 2.05) is 0 Å². The molecule has 3 N–H and O–H groups in total. The summed E-state index contributed by atoms with van der Waals surface area (Å²) in [4.78, 5) is 16.1. The first-order valence-corrected chi connectivity index (χ1v) is 9.02. The van der Waals surface area contributed by atoms with Gasteiger partial charge in [-0.25, -0.2) is 4.98 Å². The molecule has 0 saturated carbocycles. The van der Waals surface area contributed by atoms with Crippen LogP contribution in [0.5, 0.6) is 0 Å². The van der Waals surface area contributed by atoms with Crippen LogP contribution in [0, 0.1) is 13.8 Å². The van der Waals surface area contributed by atoms with Crippen LogP contribution in [0.3, 0.4) is 0 Å². The first-order valence-electron chi connectivity index (χ1n) is 9.02. The molecule has 158 valence electrons. The van der Waals surface area contributed by atoms with Crippen LogP contribution in [0.25, 0.3) is 0 Å². The molecular formula is C20H21F3N6O. The number of anilines is 4. The predicted octanol–water partition coefficient (Wildman–Crippen LogP) is 4.30. The van der Waals surface area contributed by atoms with Crippen molar-refractivity contribution in [1.29, 1.82) is 0 Å². The molecule has 3 aromatic rings. The van der Waals surface area contributed by atoms with E-state index in [4.69, 9.17) is 0 Å². The molecule has 1 amide bonds. The van der Waals surface area contributed by atoms with Crippen molar-refractivity contribution in [1.82, 2.24) is 20.1 Å². The number of halogens is 3. The van der Waals surface area contributed by atoms with Gasteiger partial charge in [0.25, 0.3) is 5.91 Å². The van der Waals surface area contributed by atoms with Gasteiger partial charge in [-0.15, -0.1) is 0 Å². The number of hydrogen-bond donors (Lipinski definition) is 3. The molecule has 0 aliphatic carbocycles. The van der Waals surface area contributed by atoms with E-state index in [0.717, 1.165) is 11.8 Å². The summed E-state index contributed by atoms with van der Waals surface area (Å²) >= 11 is 0. The second kappa shape index (κ2) is 8.05. The van der Waals surface area contributed by atoms with Crippen molar-refractivity contribution in [3.8, 4) is 0 Å². The second-order valence-corrected chi connectivity index (χ2v) is 6.79. The number of aryl methyl sites for hydroxylation is 3. The van der Waals surface area contributed by atoms with E-state index in [0.29, 0.717) is 11.4 Å². The van der Waals surface area contributed by atoms with Gasteiger partial charge in [0.15, 0.2) is 0 Å². The monoisotopic (exact) mass is 418 g/mol. The maximum atomic E-state index is 13.6. The van der Waals surface area contributed by atoms with Crippen LogP contribution in [0.15, 0.2) is 36.7 Å². The van der Waals surface area contributed by atoms with Crippen molar-refractivity contribution in [3.05, 3.63) is 59.0 Å². The van der Waals surface area contributed by atoms with Crippen LogP contribution in [0.1, 0.15) is 27.2 Å². The Morgan fingerprint density at radius 2 is 1.80 bits per heavy atom. The molecule has 2 heterocycles. The first-order chi connectivity index (χ1) is 14.1. The molecule has 10 heteroatoms. The van der Waals surface area contributed by atoms with Crippen LogP contribution < -0.4 is 16.0 Å². The Balaban J connectivity index is 2.05. The van der Waals surface area contributed by atoms with Crippen LogP contribution in [-0.4, -0.2) is 27.7 Å². The lowest BCUT2D eigenvalue weighted by Gasteiger charge is -2.18. The Hall–Kier alpha value is -3.56. The zero-order valence-electron chi connectivity index (χ0n) is 16.8. The maximum Gasteiger partial charge on any atom is 0.419 e. The number of alkyl halides is 3. The highest BCUT2D eigenvalue weighted by atomic mass is 19.4. The number of benzene rings is 1. The van der Waals surface area contributed by atoms with Gasteiger partial charge in [0.05, 0.1) is 33.9 Å². The number of amides is 1. The molecule has 0 aliphatic rings. The Morgan fingerprint density at radius 1 is 1.07 bits per heavy atom. The minimum absolute atomic E-state index is 0.204. The van der Waals surface area contributed by atoms with Gasteiger partial charge < -0.3 is 16.0 Å². The van der Waals surface area contributed by atoms with Crippen LogP contribution in [0.2, 0.25) is 0 Å². The van der Waals surface area contributed by atoms with E-state index in [2.05, 4.69) is 26.0 Å². The molecule has 0 atom stereocenters. The molecular weight excluding hydrogens is 397 g/mol. The molecule has 30 heavy (non-hydrogen) atoms. The highest BCUT2D eigenvalue weighted by molar-refractivity contribution is 6.00. The molecule has 2 aromatic heterocycles. The predicted molar refractivity (Wildman–Crippen MR) is 108 cm³/mol. The lowest BCUT2D eigenvalue weighted by atomic mass is 10.1. The van der Waals surface area contributed by atoms with E-state index in [9.17, 15) is 18.0 Å². The smallest absolute Gasteiger partial charge is 0.355 e. The summed E-state index contributed by atoms with van der Waals surface area (Å²) in [6, 6.07) is 6.14. The fourth-order valence-electron chi connectivity index (χ4n) is 2.95. The fourth-order valence-corrected chi connectivity index (χ4v) is 2.95. The van der Waals surface area contributed by atoms with Crippen molar-refractivity contribution in [2.24, 2.45) is 7.05 Å². The molecule has 0 radical (unpaired) electrons. The topological polar surface area (TPSA) is 83.9 Å². The van der Waals surface area contributed by atoms with E-state index in [1.54, 1.807) is 50.0 Å². The Labute approximate surface area is 171 Å². The quantitative estimate of drug-likeness (QED) is 0.576. The summed E-state index contributed by atoms with van der Waals surface area (Å²) in [5.74, 6) is -0.208. The van der Waals surface area contributed by atoms with Gasteiger partial charge >= 0.3 is 6.18 Å². The summed E-state index contributed by atoms with van der Waals surface area (Å²) in [7, 11) is 3.20. The molecule has 0 bridgehead atoms. The molecule has 0 aliphatic heterocycles. The summed E-state index contributed by atoms with van der Waals surface area (Å²) in [5, 5.41) is 12.4. The molecule has 7 nitrogen and oxygen atoms in total. The van der Waals surface area contributed by atoms with Gasteiger partial charge in [0, 0.05) is 32.6 Å². The summed E-state index contributed by atoms with van der Waals surface area (Å²) in [6.45, 7) is 3.56. The zero-order chi connectivity index (χ0) is 22.1. The van der Waals surface area contributed by atoms with Gasteiger partial charge in [0.2, 0.25) is 0 Å². The van der Waals surface area contributed by atoms with Gasteiger partial charge in [-0.2, -0.15) is 18.3 Å². The number of nitrogens with one attached hydrogen (secondary N) is 3. The van der Waals surface area contributed by atoms with E-state index >= 15 is 0 Å². The van der Waals surface area contributed by atoms with Crippen molar-refractivity contribution in [2.45, 2.75) is 20.0 Å². The molecule has 3 rings (SSSR count). The average molecular weight is 418 g/mol. The fraction of sp³-hybridized carbons (Fsp3) is 0.250. The van der Waals surface area contributed by atoms with E-state index < -0.39 is 17.6 Å². The Bertz CT molecular complexity index is 1090. The van der Waals surface area contributed by atoms with Crippen LogP contribution >= 0.6 is 0 Å². The number of aromatic nitrogens is 3. The van der Waals surface area contributed by atoms with Gasteiger partial charge in [-0.3, -0.25) is 9.48 Å². The molecule has 0 fully saturated rings. The third kappa shape index (κ3) is 4.53. The van der Waals surface area contributed by atoms with E-state index in [-0.39, 0.29) is 22.8 Å². The molecule has 0 saturated heterocycles. The third-order valence-electron chi connectivity index (χ3n) is 4.40. The first kappa shape index (κ1) is 21.2. The van der Waals surface area contributed by atoms with Crippen molar-refractivity contribution >= 4 is 28.8 Å². The highest BCUT2D eigenvalue weighted by Gasteiger charge is 2.34. The second-order valence-electron chi connectivity index (χ2n) is 6.79. The SMILES string of the molecule is CNC(=O)c1ccc(C)cc1Nc1cc(Nc2cn(C)nc2C)ncc1C(F)(F)F. The largest absolute Gasteiger partial charge is 0.419 e. The zero-order valence-corrected chi connectivity index (χ0v) is 16.8. The number of nitrogens with zero attached hydrogens (tertiary/aromatic N) is 3. The standard InChI is InChI=1S/C20H21F3N6O/c1-11-5-6-13(19(30)24-3)15(7-11)26-16-8-18(25-9-14(16)20(21,22)23)27-17-10-29(4)28-12(17)2/h5-10H,1-4H3,(H,24,30)(H2,25,26,27). The minimum Gasteiger partial charge on any atom is -0.355 e. The lowest BCUT2D eigenvalue weighted by Crippen LogP contribution is -2.19. The molecule has 0 spiro atoms. The van der Waals surface area contributed by atoms with Gasteiger partial charge in [0.1, 0.15) is 5.82 Å². The van der Waals surface area contributed by atoms with Crippen molar-refractivity contribution in [2.75, 3.05) is 17.7 Å². The summed E-state index contributed by atoms with van der Waals surface area (Å²) in [5.41, 5.74) is 1.40. The number of rotatable bonds is 5. The normalized spacial score (nSPS) is 11.3. The van der Waals surface area contributed by atoms with Crippen LogP contribution in [-0.2, 0) is 13.2 Å². The van der Waals surface area contributed by atoms with Crippen molar-refractivity contribution < 1.29 is 18.0 Å². The van der Waals surface area contributed by atoms with Gasteiger partial charge in [-0.05, 0) is 31.5 Å². The number of pyridine rings is 1.